The molecule has 0 spiro atoms. The topological polar surface area (TPSA) is 111 Å². The van der Waals surface area contributed by atoms with Crippen molar-refractivity contribution in [2.45, 2.75) is 25.8 Å². The van der Waals surface area contributed by atoms with E-state index >= 15 is 0 Å². The van der Waals surface area contributed by atoms with Crippen molar-refractivity contribution in [3.8, 4) is 0 Å². The van der Waals surface area contributed by atoms with Crippen molar-refractivity contribution in [2.24, 2.45) is 11.5 Å². The first-order valence-corrected chi connectivity index (χ1v) is 3.06. The molecule has 11 heavy (non-hydrogen) atoms. The third kappa shape index (κ3) is 5.74. The molecule has 6 heteroatoms. The van der Waals surface area contributed by atoms with Crippen LogP contribution in [0, 0.1) is 0 Å². The van der Waals surface area contributed by atoms with Gasteiger partial charge in [0, 0.05) is 0 Å². The number of nitrogens with one attached hydrogen (secondary N) is 1. The van der Waals surface area contributed by atoms with E-state index in [2.05, 4.69) is 4.84 Å². The quantitative estimate of drug-likeness (QED) is 0.284. The Hall–Kier alpha value is -0.690. The van der Waals surface area contributed by atoms with E-state index in [4.69, 9.17) is 16.6 Å². The molecule has 0 aliphatic carbocycles. The van der Waals surface area contributed by atoms with Crippen LogP contribution in [-0.2, 0) is 9.63 Å². The lowest BCUT2D eigenvalue weighted by Crippen LogP contribution is -2.53. The Labute approximate surface area is 64.5 Å². The van der Waals surface area contributed by atoms with E-state index in [1.165, 1.54) is 13.8 Å². The maximum atomic E-state index is 10.6. The maximum Gasteiger partial charge on any atom is 0.272 e. The van der Waals surface area contributed by atoms with Crippen LogP contribution in [0.5, 0.6) is 0 Å². The summed E-state index contributed by atoms with van der Waals surface area (Å²) in [7, 11) is 0. The van der Waals surface area contributed by atoms with Gasteiger partial charge >= 0.3 is 0 Å². The predicted octanol–water partition coefficient (Wildman–Crippen LogP) is -1.99. The van der Waals surface area contributed by atoms with Gasteiger partial charge in [-0.15, -0.1) is 0 Å². The number of hydroxylamine groups is 1. The Balaban J connectivity index is 3.64. The van der Waals surface area contributed by atoms with Gasteiger partial charge < -0.3 is 5.11 Å². The van der Waals surface area contributed by atoms with E-state index < -0.39 is 17.9 Å². The summed E-state index contributed by atoms with van der Waals surface area (Å²) in [6.45, 7) is 2.65. The van der Waals surface area contributed by atoms with Crippen molar-refractivity contribution in [1.29, 1.82) is 0 Å². The monoisotopic (exact) mass is 163 g/mol. The van der Waals surface area contributed by atoms with Gasteiger partial charge in [0.1, 0.15) is 6.10 Å². The molecule has 0 bridgehead atoms. The fourth-order valence-corrected chi connectivity index (χ4v) is 0.246. The molecule has 0 aliphatic heterocycles. The molecule has 66 valence electrons. The van der Waals surface area contributed by atoms with Crippen molar-refractivity contribution < 1.29 is 14.7 Å². The summed E-state index contributed by atoms with van der Waals surface area (Å²) in [5, 5.41) is 8.64. The summed E-state index contributed by atoms with van der Waals surface area (Å²) in [5.41, 5.74) is 12.2. The van der Waals surface area contributed by atoms with Crippen molar-refractivity contribution in [3.63, 3.8) is 0 Å². The van der Waals surface area contributed by atoms with Gasteiger partial charge in [0.15, 0.2) is 5.85 Å². The van der Waals surface area contributed by atoms with Crippen LogP contribution in [0.3, 0.4) is 0 Å². The van der Waals surface area contributed by atoms with Gasteiger partial charge in [-0.3, -0.25) is 16.3 Å². The highest BCUT2D eigenvalue weighted by Gasteiger charge is 2.15. The lowest BCUT2D eigenvalue weighted by atomic mass is 10.4. The van der Waals surface area contributed by atoms with E-state index in [1.54, 1.807) is 0 Å². The summed E-state index contributed by atoms with van der Waals surface area (Å²) in [5.74, 6) is -2.11. The molecule has 0 rings (SSSR count). The Morgan fingerprint density at radius 3 is 2.45 bits per heavy atom. The zero-order valence-electron chi connectivity index (χ0n) is 6.50. The van der Waals surface area contributed by atoms with Gasteiger partial charge in [0.05, 0.1) is 0 Å². The predicted molar refractivity (Wildman–Crippen MR) is 37.7 cm³/mol. The van der Waals surface area contributed by atoms with Crippen LogP contribution in [0.1, 0.15) is 13.8 Å². The van der Waals surface area contributed by atoms with Gasteiger partial charge in [0.25, 0.3) is 5.91 Å². The number of carbonyl (C=O) groups excluding carboxylic acids is 1. The number of amides is 1. The second-order valence-electron chi connectivity index (χ2n) is 2.43. The molecule has 6 nitrogen and oxygen atoms in total. The van der Waals surface area contributed by atoms with Gasteiger partial charge in [-0.2, -0.15) is 0 Å². The average Bonchev–Trinajstić information content (AvgIpc) is 1.80. The smallest absolute Gasteiger partial charge is 0.272 e. The van der Waals surface area contributed by atoms with Crippen LogP contribution in [0.4, 0.5) is 0 Å². The molecule has 6 N–H and O–H groups in total. The van der Waals surface area contributed by atoms with Crippen LogP contribution in [0.25, 0.3) is 0 Å². The number of rotatable bonds is 3. The summed E-state index contributed by atoms with van der Waals surface area (Å²) in [6, 6.07) is 0. The molecule has 0 heterocycles. The first kappa shape index (κ1) is 10.3. The minimum Gasteiger partial charge on any atom is -0.383 e. The Morgan fingerprint density at radius 2 is 2.18 bits per heavy atom. The molecule has 0 aromatic rings. The molecule has 0 saturated heterocycles. The van der Waals surface area contributed by atoms with Crippen molar-refractivity contribution in [2.75, 3.05) is 0 Å². The summed E-state index contributed by atoms with van der Waals surface area (Å²) in [4.78, 5) is 15.0. The zero-order valence-corrected chi connectivity index (χ0v) is 6.50. The fourth-order valence-electron chi connectivity index (χ4n) is 0.246. The third-order valence-corrected chi connectivity index (χ3v) is 0.751. The normalized spacial score (nSPS) is 14.3. The molecule has 0 saturated carbocycles. The maximum absolute atomic E-state index is 10.6. The summed E-state index contributed by atoms with van der Waals surface area (Å²) in [6.07, 6.45) is -1.14. The van der Waals surface area contributed by atoms with Gasteiger partial charge in [-0.25, -0.2) is 10.3 Å². The van der Waals surface area contributed by atoms with Crippen LogP contribution >= 0.6 is 0 Å². The zero-order chi connectivity index (χ0) is 9.07. The average molecular weight is 163 g/mol. The fraction of sp³-hybridized carbons (Fsp3) is 0.800. The van der Waals surface area contributed by atoms with E-state index in [9.17, 15) is 4.79 Å². The van der Waals surface area contributed by atoms with E-state index in [1.807, 2.05) is 5.48 Å². The largest absolute Gasteiger partial charge is 0.383 e. The van der Waals surface area contributed by atoms with Crippen LogP contribution < -0.4 is 16.9 Å². The molecule has 0 aliphatic rings. The van der Waals surface area contributed by atoms with Crippen LogP contribution in [0.15, 0.2) is 0 Å². The molecular weight excluding hydrogens is 150 g/mol. The minimum absolute atomic E-state index is 0.688. The lowest BCUT2D eigenvalue weighted by molar-refractivity contribution is -0.156. The molecule has 0 radical (unpaired) electrons. The number of aliphatic hydroxyl groups excluding tert-OH is 1. The minimum atomic E-state index is -1.43. The van der Waals surface area contributed by atoms with Gasteiger partial charge in [0.2, 0.25) is 0 Å². The SMILES string of the molecule is CC(O)C(=O)NOC(C)(N)N. The number of carbonyl (C=O) groups is 1. The molecular formula is C5H13N3O3. The van der Waals surface area contributed by atoms with Crippen molar-refractivity contribution in [3.05, 3.63) is 0 Å². The highest BCUT2D eigenvalue weighted by Crippen LogP contribution is 1.87. The first-order valence-electron chi connectivity index (χ1n) is 3.06. The third-order valence-electron chi connectivity index (χ3n) is 0.751. The van der Waals surface area contributed by atoms with E-state index in [0.29, 0.717) is 0 Å². The second-order valence-corrected chi connectivity index (χ2v) is 2.43. The number of nitrogens with two attached hydrogens (primary N) is 2. The van der Waals surface area contributed by atoms with Crippen LogP contribution in [0.2, 0.25) is 0 Å². The summed E-state index contributed by atoms with van der Waals surface area (Å²) < 4.78 is 0. The summed E-state index contributed by atoms with van der Waals surface area (Å²) >= 11 is 0. The second kappa shape index (κ2) is 3.63. The van der Waals surface area contributed by atoms with Crippen LogP contribution in [-0.4, -0.2) is 23.0 Å². The molecule has 0 aromatic carbocycles. The molecule has 0 aromatic heterocycles. The standard InChI is InChI=1S/C5H13N3O3/c1-3(9)4(10)8-11-5(2,6)7/h3,9H,6-7H2,1-2H3,(H,8,10). The molecule has 0 fully saturated rings. The van der Waals surface area contributed by atoms with Gasteiger partial charge in [-0.05, 0) is 13.8 Å². The van der Waals surface area contributed by atoms with E-state index in [-0.39, 0.29) is 0 Å². The van der Waals surface area contributed by atoms with Crippen molar-refractivity contribution >= 4 is 5.91 Å². The molecule has 1 amide bonds. The number of hydrogen-bond donors (Lipinski definition) is 4. The number of aliphatic hydroxyl groups is 1. The Kier molecular flexibility index (Phi) is 3.40. The lowest BCUT2D eigenvalue weighted by Gasteiger charge is -2.18. The highest BCUT2D eigenvalue weighted by molar-refractivity contribution is 5.78. The van der Waals surface area contributed by atoms with Gasteiger partial charge in [-0.1, -0.05) is 0 Å². The molecule has 1 unspecified atom stereocenters. The Bertz CT molecular complexity index is 140. The van der Waals surface area contributed by atoms with E-state index in [0.717, 1.165) is 0 Å². The number of hydrogen-bond acceptors (Lipinski definition) is 5. The highest BCUT2D eigenvalue weighted by atomic mass is 16.7. The Morgan fingerprint density at radius 1 is 1.73 bits per heavy atom. The first-order chi connectivity index (χ1) is 4.83. The molecule has 1 atom stereocenters. The van der Waals surface area contributed by atoms with Crippen molar-refractivity contribution in [1.82, 2.24) is 5.48 Å².